The van der Waals surface area contributed by atoms with Crippen molar-refractivity contribution in [3.8, 4) is 0 Å². The van der Waals surface area contributed by atoms with Gasteiger partial charge in [-0.1, -0.05) is 41.0 Å². The number of hydrogen-bond donors (Lipinski definition) is 2. The smallest absolute Gasteiger partial charge is 0.0513 e. The molecule has 0 aromatic heterocycles. The summed E-state index contributed by atoms with van der Waals surface area (Å²) in [6.07, 6.45) is 6.16. The van der Waals surface area contributed by atoms with Crippen LogP contribution in [0.2, 0.25) is 0 Å². The van der Waals surface area contributed by atoms with E-state index in [1.807, 2.05) is 0 Å². The van der Waals surface area contributed by atoms with E-state index in [1.165, 1.54) is 37.9 Å². The first-order chi connectivity index (χ1) is 11.4. The molecule has 2 aliphatic heterocycles. The molecule has 3 heteroatoms. The van der Waals surface area contributed by atoms with Crippen molar-refractivity contribution in [2.45, 2.75) is 79.2 Å². The molecule has 0 aliphatic carbocycles. The van der Waals surface area contributed by atoms with E-state index in [0.717, 1.165) is 37.9 Å². The Hall–Kier alpha value is -0.410. The highest BCUT2D eigenvalue weighted by atomic mass is 15.0. The summed E-state index contributed by atoms with van der Waals surface area (Å²) < 4.78 is 0. The van der Waals surface area contributed by atoms with Gasteiger partial charge in [0.25, 0.3) is 0 Å². The fourth-order valence-corrected chi connectivity index (χ4v) is 5.04. The van der Waals surface area contributed by atoms with Crippen molar-refractivity contribution in [1.29, 1.82) is 0 Å². The molecule has 2 heterocycles. The summed E-state index contributed by atoms with van der Waals surface area (Å²) in [6, 6.07) is 0. The topological polar surface area (TPSA) is 36.4 Å². The second-order valence-electron chi connectivity index (χ2n) is 8.70. The van der Waals surface area contributed by atoms with Crippen LogP contribution in [0.5, 0.6) is 0 Å². The Morgan fingerprint density at radius 2 is 1.92 bits per heavy atom. The lowest BCUT2D eigenvalue weighted by Gasteiger charge is -2.47. The molecule has 2 unspecified atom stereocenters. The summed E-state index contributed by atoms with van der Waals surface area (Å²) in [7, 11) is 0. The highest BCUT2D eigenvalue weighted by Gasteiger charge is 2.44. The number of nitrogens with zero attached hydrogens (tertiary/aromatic N) is 1. The van der Waals surface area contributed by atoms with Crippen molar-refractivity contribution in [3.05, 3.63) is 0 Å². The van der Waals surface area contributed by atoms with Gasteiger partial charge < -0.3 is 10.6 Å². The van der Waals surface area contributed by atoms with Gasteiger partial charge in [-0.15, -0.1) is 0 Å². The van der Waals surface area contributed by atoms with Crippen LogP contribution in [0.1, 0.15) is 73.6 Å². The fourth-order valence-electron chi connectivity index (χ4n) is 5.04. The van der Waals surface area contributed by atoms with Crippen LogP contribution in [-0.4, -0.2) is 37.4 Å². The maximum absolute atomic E-state index is 5.10. The van der Waals surface area contributed by atoms with Crippen molar-refractivity contribution in [1.82, 2.24) is 10.6 Å². The normalized spacial score (nSPS) is 35.9. The van der Waals surface area contributed by atoms with Crippen LogP contribution in [0.4, 0.5) is 0 Å². The molecule has 1 fully saturated rings. The summed E-state index contributed by atoms with van der Waals surface area (Å²) in [6.45, 7) is 18.7. The molecule has 2 rings (SSSR count). The van der Waals surface area contributed by atoms with Crippen LogP contribution in [0.15, 0.2) is 4.99 Å². The maximum Gasteiger partial charge on any atom is 0.0513 e. The Balaban J connectivity index is 2.26. The molecular formula is C21H41N3. The second-order valence-corrected chi connectivity index (χ2v) is 8.70. The zero-order chi connectivity index (χ0) is 17.8. The van der Waals surface area contributed by atoms with Crippen LogP contribution < -0.4 is 10.6 Å². The minimum absolute atomic E-state index is 0.152. The third-order valence-electron chi connectivity index (χ3n) is 7.76. The molecule has 0 saturated carbocycles. The zero-order valence-electron chi connectivity index (χ0n) is 17.0. The molecule has 4 atom stereocenters. The summed E-state index contributed by atoms with van der Waals surface area (Å²) in [5.41, 5.74) is 1.96. The predicted octanol–water partition coefficient (Wildman–Crippen LogP) is 4.28. The van der Waals surface area contributed by atoms with E-state index < -0.39 is 0 Å². The van der Waals surface area contributed by atoms with Crippen molar-refractivity contribution in [2.75, 3.05) is 26.2 Å². The van der Waals surface area contributed by atoms with E-state index in [0.29, 0.717) is 11.3 Å². The Morgan fingerprint density at radius 1 is 1.21 bits per heavy atom. The first kappa shape index (κ1) is 19.9. The zero-order valence-corrected chi connectivity index (χ0v) is 17.0. The van der Waals surface area contributed by atoms with Gasteiger partial charge in [0.15, 0.2) is 0 Å². The summed E-state index contributed by atoms with van der Waals surface area (Å²) >= 11 is 0. The lowest BCUT2D eigenvalue weighted by Crippen LogP contribution is -2.56. The van der Waals surface area contributed by atoms with E-state index in [-0.39, 0.29) is 5.54 Å². The number of hydrogen-bond acceptors (Lipinski definition) is 3. The van der Waals surface area contributed by atoms with Gasteiger partial charge in [-0.2, -0.15) is 0 Å². The van der Waals surface area contributed by atoms with E-state index in [1.54, 1.807) is 0 Å². The Kier molecular flexibility index (Phi) is 6.90. The summed E-state index contributed by atoms with van der Waals surface area (Å²) in [5, 5.41) is 7.59. The van der Waals surface area contributed by atoms with Gasteiger partial charge in [-0.3, -0.25) is 4.99 Å². The number of nitrogens with one attached hydrogen (secondary N) is 2. The summed E-state index contributed by atoms with van der Waals surface area (Å²) in [4.78, 5) is 5.10. The van der Waals surface area contributed by atoms with Crippen molar-refractivity contribution in [3.63, 3.8) is 0 Å². The Bertz CT molecular complexity index is 427. The molecule has 0 spiro atoms. The molecule has 2 N–H and O–H groups in total. The molecule has 0 radical (unpaired) electrons. The molecule has 0 aromatic rings. The van der Waals surface area contributed by atoms with E-state index in [4.69, 9.17) is 4.99 Å². The number of rotatable bonds is 5. The van der Waals surface area contributed by atoms with Gasteiger partial charge in [0.05, 0.1) is 6.54 Å². The molecule has 0 aromatic carbocycles. The lowest BCUT2D eigenvalue weighted by molar-refractivity contribution is 0.111. The third-order valence-corrected chi connectivity index (χ3v) is 7.76. The van der Waals surface area contributed by atoms with Crippen LogP contribution in [0.25, 0.3) is 0 Å². The highest BCUT2D eigenvalue weighted by Crippen LogP contribution is 2.42. The molecular weight excluding hydrogens is 294 g/mol. The van der Waals surface area contributed by atoms with Crippen LogP contribution >= 0.6 is 0 Å². The van der Waals surface area contributed by atoms with Gasteiger partial charge >= 0.3 is 0 Å². The molecule has 2 aliphatic rings. The average molecular weight is 336 g/mol. The maximum atomic E-state index is 5.10. The first-order valence-electron chi connectivity index (χ1n) is 10.4. The Morgan fingerprint density at radius 3 is 2.54 bits per heavy atom. The average Bonchev–Trinajstić information content (AvgIpc) is 2.90. The minimum Gasteiger partial charge on any atom is -0.316 e. The standard InChI is InChI=1S/C21H41N3/c1-7-17-10-11-22-15-18(16(17)4)19-14-21(6,24-13-12-23-19)20(5,8-2)9-3/h16-18,22,24H,7-15H2,1-6H3/t16-,17?,18?,21+/m1/s1. The van der Waals surface area contributed by atoms with Gasteiger partial charge in [-0.05, 0) is 50.0 Å². The molecule has 0 amide bonds. The van der Waals surface area contributed by atoms with Crippen molar-refractivity contribution in [2.24, 2.45) is 28.2 Å². The molecule has 0 bridgehead atoms. The largest absolute Gasteiger partial charge is 0.316 e. The molecule has 1 saturated heterocycles. The quantitative estimate of drug-likeness (QED) is 0.787. The van der Waals surface area contributed by atoms with Gasteiger partial charge in [0.1, 0.15) is 0 Å². The van der Waals surface area contributed by atoms with Gasteiger partial charge in [-0.25, -0.2) is 0 Å². The van der Waals surface area contributed by atoms with Crippen molar-refractivity contribution >= 4 is 5.71 Å². The van der Waals surface area contributed by atoms with Crippen molar-refractivity contribution < 1.29 is 0 Å². The van der Waals surface area contributed by atoms with Crippen LogP contribution in [0.3, 0.4) is 0 Å². The predicted molar refractivity (Wildman–Crippen MR) is 106 cm³/mol. The first-order valence-corrected chi connectivity index (χ1v) is 10.4. The van der Waals surface area contributed by atoms with Gasteiger partial charge in [0, 0.05) is 36.7 Å². The summed E-state index contributed by atoms with van der Waals surface area (Å²) in [5.74, 6) is 2.18. The second kappa shape index (κ2) is 8.31. The van der Waals surface area contributed by atoms with Crippen LogP contribution in [-0.2, 0) is 0 Å². The van der Waals surface area contributed by atoms with Gasteiger partial charge in [0.2, 0.25) is 0 Å². The van der Waals surface area contributed by atoms with E-state index >= 15 is 0 Å². The minimum atomic E-state index is 0.152. The number of aliphatic imine (C=N–C) groups is 1. The van der Waals surface area contributed by atoms with E-state index in [2.05, 4.69) is 52.2 Å². The van der Waals surface area contributed by atoms with Crippen LogP contribution in [0, 0.1) is 23.2 Å². The Labute approximate surface area is 150 Å². The highest BCUT2D eigenvalue weighted by molar-refractivity contribution is 5.88. The third kappa shape index (κ3) is 3.88. The lowest BCUT2D eigenvalue weighted by atomic mass is 9.64. The monoisotopic (exact) mass is 335 g/mol. The fraction of sp³-hybridized carbons (Fsp3) is 0.952. The molecule has 3 nitrogen and oxygen atoms in total. The molecule has 24 heavy (non-hydrogen) atoms. The SMILES string of the molecule is CCC1CCNCC(C2=NCCN[C@](C)(C(C)(CC)CC)C2)[C@@H]1C. The molecule has 140 valence electrons. The van der Waals surface area contributed by atoms with E-state index in [9.17, 15) is 0 Å².